The topological polar surface area (TPSA) is 66.5 Å². The second-order valence-electron chi connectivity index (χ2n) is 4.68. The van der Waals surface area contributed by atoms with Crippen LogP contribution in [0, 0.1) is 0 Å². The van der Waals surface area contributed by atoms with Gasteiger partial charge in [-0.1, -0.05) is 17.7 Å². The highest BCUT2D eigenvalue weighted by Gasteiger charge is 2.16. The molecule has 1 aromatic rings. The smallest absolute Gasteiger partial charge is 0.221 e. The molecule has 0 aromatic heterocycles. The van der Waals surface area contributed by atoms with Gasteiger partial charge in [0.05, 0.1) is 10.6 Å². The third-order valence-corrected chi connectivity index (χ3v) is 4.58. The van der Waals surface area contributed by atoms with Crippen molar-refractivity contribution < 1.29 is 13.2 Å². The summed E-state index contributed by atoms with van der Waals surface area (Å²) < 4.78 is 24.0. The third-order valence-electron chi connectivity index (χ3n) is 2.63. The fourth-order valence-electron chi connectivity index (χ4n) is 1.51. The molecule has 20 heavy (non-hydrogen) atoms. The van der Waals surface area contributed by atoms with Crippen molar-refractivity contribution in [2.24, 2.45) is 0 Å². The van der Waals surface area contributed by atoms with Gasteiger partial charge in [-0.05, 0) is 32.3 Å². The van der Waals surface area contributed by atoms with Crippen LogP contribution in [-0.2, 0) is 14.6 Å². The van der Waals surface area contributed by atoms with Crippen LogP contribution in [0.15, 0.2) is 29.2 Å². The summed E-state index contributed by atoms with van der Waals surface area (Å²) in [7, 11) is 0.322. The van der Waals surface area contributed by atoms with E-state index in [2.05, 4.69) is 5.32 Å². The number of rotatable bonds is 7. The summed E-state index contributed by atoms with van der Waals surface area (Å²) in [6.07, 6.45) is -0.0533. The fourth-order valence-corrected chi connectivity index (χ4v) is 3.05. The molecule has 0 radical (unpaired) electrons. The van der Waals surface area contributed by atoms with Crippen LogP contribution in [0.2, 0.25) is 5.02 Å². The Bertz CT molecular complexity index is 558. The molecule has 1 aromatic carbocycles. The molecule has 7 heteroatoms. The van der Waals surface area contributed by atoms with Gasteiger partial charge in [0.15, 0.2) is 9.84 Å². The first-order valence-electron chi connectivity index (χ1n) is 6.21. The molecule has 0 atom stereocenters. The highest BCUT2D eigenvalue weighted by atomic mass is 35.5. The van der Waals surface area contributed by atoms with Gasteiger partial charge in [-0.3, -0.25) is 4.79 Å². The number of carbonyl (C=O) groups excluding carboxylic acids is 1. The van der Waals surface area contributed by atoms with Crippen LogP contribution in [0.25, 0.3) is 0 Å². The lowest BCUT2D eigenvalue weighted by Gasteiger charge is -2.10. The summed E-state index contributed by atoms with van der Waals surface area (Å²) in [6, 6.07) is 6.05. The molecule has 0 aliphatic heterocycles. The van der Waals surface area contributed by atoms with E-state index in [0.717, 1.165) is 0 Å². The van der Waals surface area contributed by atoms with Gasteiger partial charge in [0.1, 0.15) is 0 Å². The minimum Gasteiger partial charge on any atom is -0.355 e. The van der Waals surface area contributed by atoms with Crippen molar-refractivity contribution >= 4 is 27.3 Å². The van der Waals surface area contributed by atoms with E-state index in [1.165, 1.54) is 12.1 Å². The van der Waals surface area contributed by atoms with Crippen molar-refractivity contribution in [3.8, 4) is 0 Å². The van der Waals surface area contributed by atoms with Crippen molar-refractivity contribution in [1.29, 1.82) is 0 Å². The largest absolute Gasteiger partial charge is 0.355 e. The number of likely N-dealkylation sites (N-methyl/N-ethyl adjacent to an activating group) is 1. The molecule has 0 fully saturated rings. The van der Waals surface area contributed by atoms with Crippen LogP contribution in [-0.4, -0.2) is 52.2 Å². The zero-order valence-electron chi connectivity index (χ0n) is 11.6. The Kier molecular flexibility index (Phi) is 6.45. The van der Waals surface area contributed by atoms with Crippen molar-refractivity contribution in [1.82, 2.24) is 10.2 Å². The zero-order valence-corrected chi connectivity index (χ0v) is 13.2. The predicted molar refractivity (Wildman–Crippen MR) is 79.7 cm³/mol. The molecule has 1 N–H and O–H groups in total. The highest BCUT2D eigenvalue weighted by molar-refractivity contribution is 7.91. The molecule has 1 amide bonds. The SMILES string of the molecule is CN(C)CCNC(=O)CCS(=O)(=O)c1cccc(Cl)c1. The summed E-state index contributed by atoms with van der Waals surface area (Å²) in [4.78, 5) is 13.6. The molecule has 0 spiro atoms. The number of nitrogens with zero attached hydrogens (tertiary/aromatic N) is 1. The van der Waals surface area contributed by atoms with E-state index in [4.69, 9.17) is 11.6 Å². The van der Waals surface area contributed by atoms with Crippen LogP contribution in [0.4, 0.5) is 0 Å². The number of amides is 1. The number of hydrogen-bond donors (Lipinski definition) is 1. The fraction of sp³-hybridized carbons (Fsp3) is 0.462. The van der Waals surface area contributed by atoms with Crippen molar-refractivity contribution in [2.45, 2.75) is 11.3 Å². The maximum absolute atomic E-state index is 12.0. The van der Waals surface area contributed by atoms with E-state index in [0.29, 0.717) is 18.1 Å². The molecule has 0 heterocycles. The Balaban J connectivity index is 2.50. The minimum absolute atomic E-state index is 0.0533. The number of nitrogens with one attached hydrogen (secondary N) is 1. The van der Waals surface area contributed by atoms with Crippen LogP contribution in [0.3, 0.4) is 0 Å². The monoisotopic (exact) mass is 318 g/mol. The van der Waals surface area contributed by atoms with E-state index < -0.39 is 9.84 Å². The van der Waals surface area contributed by atoms with Gasteiger partial charge in [-0.15, -0.1) is 0 Å². The lowest BCUT2D eigenvalue weighted by molar-refractivity contribution is -0.120. The molecule has 0 aliphatic carbocycles. The molecule has 1 rings (SSSR count). The van der Waals surface area contributed by atoms with Crippen LogP contribution >= 0.6 is 11.6 Å². The van der Waals surface area contributed by atoms with Gasteiger partial charge < -0.3 is 10.2 Å². The standard InChI is InChI=1S/C13H19ClN2O3S/c1-16(2)8-7-15-13(17)6-9-20(18,19)12-5-3-4-11(14)10-12/h3-5,10H,6-9H2,1-2H3,(H,15,17). The average Bonchev–Trinajstić information content (AvgIpc) is 2.36. The molecular formula is C13H19ClN2O3S. The van der Waals surface area contributed by atoms with Crippen molar-refractivity contribution in [3.05, 3.63) is 29.3 Å². The number of carbonyl (C=O) groups is 1. The van der Waals surface area contributed by atoms with Crippen LogP contribution in [0.5, 0.6) is 0 Å². The average molecular weight is 319 g/mol. The van der Waals surface area contributed by atoms with Crippen molar-refractivity contribution in [2.75, 3.05) is 32.9 Å². The lowest BCUT2D eigenvalue weighted by atomic mass is 10.4. The summed E-state index contributed by atoms with van der Waals surface area (Å²) >= 11 is 5.76. The Labute approximate surface area is 124 Å². The molecule has 0 saturated heterocycles. The first-order chi connectivity index (χ1) is 9.31. The third kappa shape index (κ3) is 5.90. The maximum Gasteiger partial charge on any atom is 0.221 e. The number of sulfone groups is 1. The Morgan fingerprint density at radius 3 is 2.65 bits per heavy atom. The van der Waals surface area contributed by atoms with Gasteiger partial charge in [-0.2, -0.15) is 0 Å². The maximum atomic E-state index is 12.0. The highest BCUT2D eigenvalue weighted by Crippen LogP contribution is 2.17. The van der Waals surface area contributed by atoms with Gasteiger partial charge in [-0.25, -0.2) is 8.42 Å². The Morgan fingerprint density at radius 2 is 2.05 bits per heavy atom. The summed E-state index contributed by atoms with van der Waals surface area (Å²) in [6.45, 7) is 1.22. The summed E-state index contributed by atoms with van der Waals surface area (Å²) in [5.74, 6) is -0.487. The lowest BCUT2D eigenvalue weighted by Crippen LogP contribution is -2.32. The van der Waals surface area contributed by atoms with E-state index in [9.17, 15) is 13.2 Å². The van der Waals surface area contributed by atoms with Crippen LogP contribution in [0.1, 0.15) is 6.42 Å². The Hall–Kier alpha value is -1.11. The zero-order chi connectivity index (χ0) is 15.2. The van der Waals surface area contributed by atoms with Gasteiger partial charge in [0.2, 0.25) is 5.91 Å². The quantitative estimate of drug-likeness (QED) is 0.820. The van der Waals surface area contributed by atoms with Crippen molar-refractivity contribution in [3.63, 3.8) is 0 Å². The minimum atomic E-state index is -3.47. The first-order valence-corrected chi connectivity index (χ1v) is 8.24. The Morgan fingerprint density at radius 1 is 1.35 bits per heavy atom. The molecule has 0 bridgehead atoms. The molecular weight excluding hydrogens is 300 g/mol. The number of benzene rings is 1. The van der Waals surface area contributed by atoms with Gasteiger partial charge in [0.25, 0.3) is 0 Å². The molecule has 0 unspecified atom stereocenters. The molecule has 112 valence electrons. The van der Waals surface area contributed by atoms with E-state index >= 15 is 0 Å². The molecule has 0 aliphatic rings. The second kappa shape index (κ2) is 7.61. The number of halogens is 1. The van der Waals surface area contributed by atoms with Gasteiger partial charge in [0, 0.05) is 24.5 Å². The van der Waals surface area contributed by atoms with E-state index in [1.54, 1.807) is 12.1 Å². The molecule has 5 nitrogen and oxygen atoms in total. The van der Waals surface area contributed by atoms with Gasteiger partial charge >= 0.3 is 0 Å². The summed E-state index contributed by atoms with van der Waals surface area (Å²) in [5, 5.41) is 3.04. The van der Waals surface area contributed by atoms with E-state index in [1.807, 2.05) is 19.0 Å². The van der Waals surface area contributed by atoms with E-state index in [-0.39, 0.29) is 23.0 Å². The summed E-state index contributed by atoms with van der Waals surface area (Å²) in [5.41, 5.74) is 0. The second-order valence-corrected chi connectivity index (χ2v) is 7.23. The number of hydrogen-bond acceptors (Lipinski definition) is 4. The predicted octanol–water partition coefficient (Wildman–Crippen LogP) is 1.18. The molecule has 0 saturated carbocycles. The first kappa shape index (κ1) is 16.9. The normalized spacial score (nSPS) is 11.6. The van der Waals surface area contributed by atoms with Crippen LogP contribution < -0.4 is 5.32 Å².